The van der Waals surface area contributed by atoms with Gasteiger partial charge < -0.3 is 15.0 Å². The second kappa shape index (κ2) is 9.46. The normalized spacial score (nSPS) is 15.8. The topological polar surface area (TPSA) is 114 Å². The van der Waals surface area contributed by atoms with E-state index in [9.17, 15) is 14.4 Å². The van der Waals surface area contributed by atoms with Crippen LogP contribution < -0.4 is 10.6 Å². The van der Waals surface area contributed by atoms with Gasteiger partial charge in [0.15, 0.2) is 0 Å². The number of rotatable bonds is 6. The molecule has 0 saturated carbocycles. The Labute approximate surface area is 172 Å². The van der Waals surface area contributed by atoms with Crippen LogP contribution in [0, 0.1) is 6.92 Å². The first-order valence-corrected chi connectivity index (χ1v) is 10.2. The third kappa shape index (κ3) is 5.29. The molecule has 2 aromatic rings. The van der Waals surface area contributed by atoms with Crippen LogP contribution in [0.15, 0.2) is 24.3 Å². The van der Waals surface area contributed by atoms with Gasteiger partial charge in [-0.2, -0.15) is 0 Å². The molecule has 1 aromatic carbocycles. The van der Waals surface area contributed by atoms with Crippen molar-refractivity contribution in [3.8, 4) is 10.6 Å². The fourth-order valence-electron chi connectivity index (χ4n) is 3.02. The Kier molecular flexibility index (Phi) is 6.76. The van der Waals surface area contributed by atoms with Gasteiger partial charge in [-0.1, -0.05) is 41.2 Å². The molecular formula is C19H23N5O4S. The van der Waals surface area contributed by atoms with E-state index in [4.69, 9.17) is 4.74 Å². The van der Waals surface area contributed by atoms with E-state index in [1.165, 1.54) is 16.2 Å². The molecule has 1 fully saturated rings. The number of esters is 1. The highest BCUT2D eigenvalue weighted by molar-refractivity contribution is 7.18. The van der Waals surface area contributed by atoms with Crippen LogP contribution in [0.1, 0.15) is 25.3 Å². The van der Waals surface area contributed by atoms with E-state index in [0.29, 0.717) is 29.5 Å². The summed E-state index contributed by atoms with van der Waals surface area (Å²) in [4.78, 5) is 37.9. The highest BCUT2D eigenvalue weighted by Gasteiger charge is 2.34. The van der Waals surface area contributed by atoms with Gasteiger partial charge in [-0.25, -0.2) is 4.79 Å². The minimum atomic E-state index is -0.621. The summed E-state index contributed by atoms with van der Waals surface area (Å²) >= 11 is 1.27. The molecule has 3 rings (SSSR count). The number of nitrogens with one attached hydrogen (secondary N) is 2. The summed E-state index contributed by atoms with van der Waals surface area (Å²) in [6.07, 6.45) is 1.25. The average Bonchev–Trinajstić information content (AvgIpc) is 3.36. The zero-order valence-electron chi connectivity index (χ0n) is 16.3. The molecule has 2 N–H and O–H groups in total. The summed E-state index contributed by atoms with van der Waals surface area (Å²) in [6, 6.07) is 6.79. The Bertz CT molecular complexity index is 883. The van der Waals surface area contributed by atoms with Crippen LogP contribution in [0.3, 0.4) is 0 Å². The molecule has 1 aliphatic heterocycles. The second-order valence-corrected chi connectivity index (χ2v) is 7.56. The number of carbonyl (C=O) groups excluding carboxylic acids is 3. The molecule has 1 saturated heterocycles. The number of aryl methyl sites for hydroxylation is 1. The second-order valence-electron chi connectivity index (χ2n) is 6.58. The van der Waals surface area contributed by atoms with Crippen molar-refractivity contribution >= 4 is 34.4 Å². The first kappa shape index (κ1) is 20.7. The lowest BCUT2D eigenvalue weighted by molar-refractivity contribution is -0.141. The predicted octanol–water partition coefficient (Wildman–Crippen LogP) is 2.19. The SMILES string of the molecule is CCOC(=O)CNC(=O)N1CCCC1C(=O)Nc1nnc(-c2ccc(C)cc2)s1. The molecule has 1 unspecified atom stereocenters. The molecule has 1 atom stereocenters. The van der Waals surface area contributed by atoms with Crippen LogP contribution in [0.5, 0.6) is 0 Å². The van der Waals surface area contributed by atoms with E-state index in [-0.39, 0.29) is 19.1 Å². The molecule has 29 heavy (non-hydrogen) atoms. The Morgan fingerprint density at radius 1 is 1.24 bits per heavy atom. The maximum atomic E-state index is 12.7. The van der Waals surface area contributed by atoms with Crippen molar-refractivity contribution in [2.75, 3.05) is 25.0 Å². The van der Waals surface area contributed by atoms with Crippen molar-refractivity contribution < 1.29 is 19.1 Å². The van der Waals surface area contributed by atoms with E-state index in [1.807, 2.05) is 31.2 Å². The quantitative estimate of drug-likeness (QED) is 0.697. The third-order valence-corrected chi connectivity index (χ3v) is 5.35. The van der Waals surface area contributed by atoms with Gasteiger partial charge >= 0.3 is 12.0 Å². The molecule has 3 amide bonds. The number of hydrogen-bond donors (Lipinski definition) is 2. The first-order chi connectivity index (χ1) is 14.0. The Balaban J connectivity index is 1.59. The van der Waals surface area contributed by atoms with Crippen molar-refractivity contribution in [1.82, 2.24) is 20.4 Å². The number of amides is 3. The summed E-state index contributed by atoms with van der Waals surface area (Å²) in [5.41, 5.74) is 2.07. The van der Waals surface area contributed by atoms with Crippen LogP contribution in [-0.2, 0) is 14.3 Å². The molecule has 9 nitrogen and oxygen atoms in total. The number of hydrogen-bond acceptors (Lipinski definition) is 7. The van der Waals surface area contributed by atoms with E-state index < -0.39 is 18.0 Å². The smallest absolute Gasteiger partial charge is 0.325 e. The largest absolute Gasteiger partial charge is 0.465 e. The highest BCUT2D eigenvalue weighted by atomic mass is 32.1. The fourth-order valence-corrected chi connectivity index (χ4v) is 3.77. The molecule has 154 valence electrons. The summed E-state index contributed by atoms with van der Waals surface area (Å²) < 4.78 is 4.79. The van der Waals surface area contributed by atoms with Crippen molar-refractivity contribution in [2.45, 2.75) is 32.7 Å². The molecule has 0 aliphatic carbocycles. The van der Waals surface area contributed by atoms with Gasteiger partial charge in [0.2, 0.25) is 11.0 Å². The average molecular weight is 417 g/mol. The molecule has 0 bridgehead atoms. The van der Waals surface area contributed by atoms with Crippen molar-refractivity contribution in [3.05, 3.63) is 29.8 Å². The van der Waals surface area contributed by atoms with Gasteiger partial charge in [-0.15, -0.1) is 10.2 Å². The van der Waals surface area contributed by atoms with E-state index >= 15 is 0 Å². The van der Waals surface area contributed by atoms with E-state index in [1.54, 1.807) is 6.92 Å². The fraction of sp³-hybridized carbons (Fsp3) is 0.421. The standard InChI is InChI=1S/C19H23N5O4S/c1-3-28-15(25)11-20-19(27)24-10-4-5-14(24)16(26)21-18-23-22-17(29-18)13-8-6-12(2)7-9-13/h6-9,14H,3-5,10-11H2,1-2H3,(H,20,27)(H,21,23,26). The molecule has 0 spiro atoms. The van der Waals surface area contributed by atoms with Crippen LogP contribution in [0.2, 0.25) is 0 Å². The van der Waals surface area contributed by atoms with Gasteiger partial charge in [0.1, 0.15) is 17.6 Å². The van der Waals surface area contributed by atoms with Gasteiger partial charge in [0.25, 0.3) is 0 Å². The first-order valence-electron chi connectivity index (χ1n) is 9.39. The van der Waals surface area contributed by atoms with Gasteiger partial charge in [0, 0.05) is 12.1 Å². The summed E-state index contributed by atoms with van der Waals surface area (Å²) in [5.74, 6) is -0.834. The number of nitrogens with zero attached hydrogens (tertiary/aromatic N) is 3. The molecular weight excluding hydrogens is 394 g/mol. The number of likely N-dealkylation sites (tertiary alicyclic amines) is 1. The van der Waals surface area contributed by atoms with Crippen molar-refractivity contribution in [1.29, 1.82) is 0 Å². The molecule has 1 aliphatic rings. The Morgan fingerprint density at radius 3 is 2.72 bits per heavy atom. The van der Waals surface area contributed by atoms with Gasteiger partial charge in [-0.05, 0) is 26.7 Å². The lowest BCUT2D eigenvalue weighted by Gasteiger charge is -2.23. The van der Waals surface area contributed by atoms with Crippen LogP contribution in [0.4, 0.5) is 9.93 Å². The number of benzene rings is 1. The van der Waals surface area contributed by atoms with Crippen LogP contribution in [-0.4, -0.2) is 58.7 Å². The molecule has 2 heterocycles. The van der Waals surface area contributed by atoms with Crippen molar-refractivity contribution in [2.24, 2.45) is 0 Å². The minimum Gasteiger partial charge on any atom is -0.465 e. The number of carbonyl (C=O) groups is 3. The number of urea groups is 1. The summed E-state index contributed by atoms with van der Waals surface area (Å²) in [7, 11) is 0. The van der Waals surface area contributed by atoms with Crippen LogP contribution in [0.25, 0.3) is 10.6 Å². The highest BCUT2D eigenvalue weighted by Crippen LogP contribution is 2.27. The zero-order chi connectivity index (χ0) is 20.8. The Hall–Kier alpha value is -3.01. The minimum absolute atomic E-state index is 0.228. The Morgan fingerprint density at radius 2 is 2.00 bits per heavy atom. The summed E-state index contributed by atoms with van der Waals surface area (Å²) in [6.45, 7) is 4.16. The molecule has 0 radical (unpaired) electrons. The van der Waals surface area contributed by atoms with Crippen molar-refractivity contribution in [3.63, 3.8) is 0 Å². The van der Waals surface area contributed by atoms with E-state index in [0.717, 1.165) is 11.1 Å². The number of ether oxygens (including phenoxy) is 1. The maximum absolute atomic E-state index is 12.7. The lowest BCUT2D eigenvalue weighted by atomic mass is 10.2. The number of anilines is 1. The predicted molar refractivity (Wildman–Crippen MR) is 108 cm³/mol. The lowest BCUT2D eigenvalue weighted by Crippen LogP contribution is -2.48. The number of aromatic nitrogens is 2. The zero-order valence-corrected chi connectivity index (χ0v) is 17.1. The maximum Gasteiger partial charge on any atom is 0.325 e. The molecule has 10 heteroatoms. The molecule has 1 aromatic heterocycles. The van der Waals surface area contributed by atoms with Gasteiger partial charge in [-0.3, -0.25) is 14.9 Å². The monoisotopic (exact) mass is 417 g/mol. The third-order valence-electron chi connectivity index (χ3n) is 4.46. The van der Waals surface area contributed by atoms with Gasteiger partial charge in [0.05, 0.1) is 6.61 Å². The van der Waals surface area contributed by atoms with E-state index in [2.05, 4.69) is 20.8 Å². The summed E-state index contributed by atoms with van der Waals surface area (Å²) in [5, 5.41) is 14.5. The van der Waals surface area contributed by atoms with Crippen LogP contribution >= 0.6 is 11.3 Å².